The van der Waals surface area contributed by atoms with Crippen molar-refractivity contribution in [2.75, 3.05) is 31.8 Å². The van der Waals surface area contributed by atoms with E-state index >= 15 is 0 Å². The van der Waals surface area contributed by atoms with E-state index < -0.39 is 14.9 Å². The number of sulfonamides is 1. The predicted molar refractivity (Wildman–Crippen MR) is 87.4 cm³/mol. The number of nitro groups is 1. The Balaban J connectivity index is 2.08. The first-order chi connectivity index (χ1) is 11.2. The molecule has 10 heteroatoms. The minimum absolute atomic E-state index is 0.155. The number of carbonyl (C=O) groups excluding carboxylic acids is 1. The number of carbonyl (C=O) groups is 1. The van der Waals surface area contributed by atoms with E-state index in [4.69, 9.17) is 4.74 Å². The van der Waals surface area contributed by atoms with Gasteiger partial charge in [0, 0.05) is 31.1 Å². The summed E-state index contributed by atoms with van der Waals surface area (Å²) in [6.45, 7) is 0.561. The molecule has 1 aromatic rings. The van der Waals surface area contributed by atoms with Gasteiger partial charge in [0.05, 0.1) is 24.0 Å². The van der Waals surface area contributed by atoms with Gasteiger partial charge >= 0.3 is 0 Å². The van der Waals surface area contributed by atoms with E-state index in [1.807, 2.05) is 0 Å². The number of nitro benzene ring substituents is 1. The molecule has 0 unspecified atom stereocenters. The molecule has 132 valence electrons. The van der Waals surface area contributed by atoms with Crippen molar-refractivity contribution in [2.24, 2.45) is 5.92 Å². The summed E-state index contributed by atoms with van der Waals surface area (Å²) < 4.78 is 29.4. The van der Waals surface area contributed by atoms with Gasteiger partial charge in [-0.25, -0.2) is 12.7 Å². The number of hydrogen-bond donors (Lipinski definition) is 1. The lowest BCUT2D eigenvalue weighted by molar-refractivity contribution is -0.384. The molecular weight excluding hydrogens is 338 g/mol. The highest BCUT2D eigenvalue weighted by molar-refractivity contribution is 7.88. The van der Waals surface area contributed by atoms with Crippen LogP contribution in [0.4, 0.5) is 11.4 Å². The van der Waals surface area contributed by atoms with Crippen LogP contribution in [0.3, 0.4) is 0 Å². The fourth-order valence-electron chi connectivity index (χ4n) is 2.59. The van der Waals surface area contributed by atoms with Crippen LogP contribution < -0.4 is 10.1 Å². The van der Waals surface area contributed by atoms with E-state index in [9.17, 15) is 23.3 Å². The van der Waals surface area contributed by atoms with Gasteiger partial charge in [0.2, 0.25) is 15.9 Å². The highest BCUT2D eigenvalue weighted by atomic mass is 32.2. The van der Waals surface area contributed by atoms with Crippen LogP contribution in [-0.2, 0) is 14.8 Å². The molecular formula is C14H19N3O6S. The zero-order chi connectivity index (χ0) is 17.9. The first-order valence-corrected chi connectivity index (χ1v) is 9.15. The SMILES string of the molecule is COc1ccc([N+](=O)[O-])cc1NC(=O)C1CCN(S(C)(=O)=O)CC1. The zero-order valence-corrected chi connectivity index (χ0v) is 14.2. The fraction of sp³-hybridized carbons (Fsp3) is 0.500. The minimum atomic E-state index is -3.25. The van der Waals surface area contributed by atoms with Crippen LogP contribution in [0.1, 0.15) is 12.8 Å². The number of hydrogen-bond acceptors (Lipinski definition) is 6. The maximum absolute atomic E-state index is 12.4. The predicted octanol–water partition coefficient (Wildman–Crippen LogP) is 1.21. The van der Waals surface area contributed by atoms with Crippen LogP contribution in [0.25, 0.3) is 0 Å². The van der Waals surface area contributed by atoms with Crippen molar-refractivity contribution in [1.29, 1.82) is 0 Å². The Hall–Kier alpha value is -2.20. The number of amides is 1. The van der Waals surface area contributed by atoms with Gasteiger partial charge in [-0.15, -0.1) is 0 Å². The molecule has 1 fully saturated rings. The van der Waals surface area contributed by atoms with Crippen molar-refractivity contribution in [3.8, 4) is 5.75 Å². The Morgan fingerprint density at radius 1 is 1.38 bits per heavy atom. The molecule has 1 heterocycles. The molecule has 2 rings (SSSR count). The average Bonchev–Trinajstić information content (AvgIpc) is 2.54. The highest BCUT2D eigenvalue weighted by Crippen LogP contribution is 2.30. The second-order valence-electron chi connectivity index (χ2n) is 5.57. The zero-order valence-electron chi connectivity index (χ0n) is 13.4. The normalized spacial score (nSPS) is 16.6. The van der Waals surface area contributed by atoms with Crippen LogP contribution in [-0.4, -0.2) is 50.0 Å². The Bertz CT molecular complexity index is 741. The number of ether oxygens (including phenoxy) is 1. The molecule has 0 spiro atoms. The van der Waals surface area contributed by atoms with Crippen LogP contribution in [0.2, 0.25) is 0 Å². The van der Waals surface area contributed by atoms with E-state index in [0.717, 1.165) is 6.26 Å². The van der Waals surface area contributed by atoms with Crippen LogP contribution >= 0.6 is 0 Å². The first-order valence-electron chi connectivity index (χ1n) is 7.31. The molecule has 0 radical (unpaired) electrons. The summed E-state index contributed by atoms with van der Waals surface area (Å²) in [7, 11) is -1.85. The highest BCUT2D eigenvalue weighted by Gasteiger charge is 2.29. The van der Waals surface area contributed by atoms with Crippen molar-refractivity contribution in [3.63, 3.8) is 0 Å². The molecule has 1 N–H and O–H groups in total. The molecule has 0 aliphatic carbocycles. The maximum atomic E-state index is 12.4. The molecule has 1 saturated heterocycles. The molecule has 9 nitrogen and oxygen atoms in total. The molecule has 0 atom stereocenters. The fourth-order valence-corrected chi connectivity index (χ4v) is 3.47. The van der Waals surface area contributed by atoms with E-state index in [-0.39, 0.29) is 36.3 Å². The standard InChI is InChI=1S/C14H19N3O6S/c1-23-13-4-3-11(17(19)20)9-12(13)15-14(18)10-5-7-16(8-6-10)24(2,21)22/h3-4,9-10H,5-8H2,1-2H3,(H,15,18). The lowest BCUT2D eigenvalue weighted by Crippen LogP contribution is -2.40. The molecule has 1 aromatic carbocycles. The molecule has 1 amide bonds. The van der Waals surface area contributed by atoms with Gasteiger partial charge in [-0.05, 0) is 18.9 Å². The number of methoxy groups -OCH3 is 1. The molecule has 0 bridgehead atoms. The largest absolute Gasteiger partial charge is 0.495 e. The summed E-state index contributed by atoms with van der Waals surface area (Å²) in [6, 6.07) is 3.95. The summed E-state index contributed by atoms with van der Waals surface area (Å²) >= 11 is 0. The van der Waals surface area contributed by atoms with E-state index in [2.05, 4.69) is 5.32 Å². The monoisotopic (exact) mass is 357 g/mol. The van der Waals surface area contributed by atoms with Crippen molar-refractivity contribution < 1.29 is 22.9 Å². The quantitative estimate of drug-likeness (QED) is 0.625. The number of anilines is 1. The Morgan fingerprint density at radius 3 is 2.50 bits per heavy atom. The Labute approximate surface area is 139 Å². The Morgan fingerprint density at radius 2 is 2.00 bits per heavy atom. The van der Waals surface area contributed by atoms with Crippen molar-refractivity contribution in [3.05, 3.63) is 28.3 Å². The van der Waals surface area contributed by atoms with E-state index in [0.29, 0.717) is 18.6 Å². The van der Waals surface area contributed by atoms with Crippen molar-refractivity contribution in [2.45, 2.75) is 12.8 Å². The number of nitrogens with one attached hydrogen (secondary N) is 1. The minimum Gasteiger partial charge on any atom is -0.495 e. The van der Waals surface area contributed by atoms with Gasteiger partial charge < -0.3 is 10.1 Å². The van der Waals surface area contributed by atoms with Gasteiger partial charge in [-0.3, -0.25) is 14.9 Å². The summed E-state index contributed by atoms with van der Waals surface area (Å²) in [6.07, 6.45) is 1.94. The van der Waals surface area contributed by atoms with Crippen molar-refractivity contribution in [1.82, 2.24) is 4.31 Å². The average molecular weight is 357 g/mol. The number of non-ortho nitro benzene ring substituents is 1. The van der Waals surface area contributed by atoms with Gasteiger partial charge in [0.15, 0.2) is 0 Å². The number of piperidine rings is 1. The summed E-state index contributed by atoms with van der Waals surface area (Å²) in [5.74, 6) is -0.337. The second-order valence-corrected chi connectivity index (χ2v) is 7.55. The third kappa shape index (κ3) is 4.20. The summed E-state index contributed by atoms with van der Waals surface area (Å²) in [5.41, 5.74) is 0.0697. The molecule has 0 aromatic heterocycles. The van der Waals surface area contributed by atoms with Crippen LogP contribution in [0.5, 0.6) is 5.75 Å². The van der Waals surface area contributed by atoms with Gasteiger partial charge in [-0.1, -0.05) is 0 Å². The third-order valence-corrected chi connectivity index (χ3v) is 5.25. The summed E-state index contributed by atoms with van der Waals surface area (Å²) in [5, 5.41) is 13.5. The first kappa shape index (κ1) is 18.1. The van der Waals surface area contributed by atoms with E-state index in [1.165, 1.54) is 29.6 Å². The van der Waals surface area contributed by atoms with Gasteiger partial charge in [0.25, 0.3) is 5.69 Å². The smallest absolute Gasteiger partial charge is 0.271 e. The third-order valence-electron chi connectivity index (χ3n) is 3.95. The number of nitrogens with zero attached hydrogens (tertiary/aromatic N) is 2. The lowest BCUT2D eigenvalue weighted by Gasteiger charge is -2.29. The van der Waals surface area contributed by atoms with Gasteiger partial charge in [0.1, 0.15) is 5.75 Å². The van der Waals surface area contributed by atoms with E-state index in [1.54, 1.807) is 0 Å². The van der Waals surface area contributed by atoms with Crippen LogP contribution in [0.15, 0.2) is 18.2 Å². The molecule has 1 aliphatic heterocycles. The molecule has 0 saturated carbocycles. The van der Waals surface area contributed by atoms with Crippen LogP contribution in [0, 0.1) is 16.0 Å². The Kier molecular flexibility index (Phi) is 5.40. The maximum Gasteiger partial charge on any atom is 0.271 e. The number of rotatable bonds is 5. The van der Waals surface area contributed by atoms with Gasteiger partial charge in [-0.2, -0.15) is 0 Å². The lowest BCUT2D eigenvalue weighted by atomic mass is 9.97. The molecule has 1 aliphatic rings. The van der Waals surface area contributed by atoms with Crippen molar-refractivity contribution >= 4 is 27.3 Å². The summed E-state index contributed by atoms with van der Waals surface area (Å²) in [4.78, 5) is 22.7. The second kappa shape index (κ2) is 7.14. The topological polar surface area (TPSA) is 119 Å². The molecule has 24 heavy (non-hydrogen) atoms. The number of benzene rings is 1.